The molecule has 0 amide bonds. The monoisotopic (exact) mass is 1000 g/mol. The largest absolute Gasteiger partial charge is 0.472 e. The van der Waals surface area contributed by atoms with Crippen LogP contribution in [0.2, 0.25) is 0 Å². The molecule has 0 rings (SSSR count). The average Bonchev–Trinajstić information content (AvgIpc) is 3.34. The molecule has 5 N–H and O–H groups in total. The summed E-state index contributed by atoms with van der Waals surface area (Å²) in [7, 11) is -4.84. The Labute approximate surface area is 422 Å². The number of allylic oxidation sites excluding steroid dienone is 4. The summed E-state index contributed by atoms with van der Waals surface area (Å²) in [5.74, 6) is -1.02. The molecule has 12 nitrogen and oxygen atoms in total. The van der Waals surface area contributed by atoms with Crippen LogP contribution in [0.15, 0.2) is 24.3 Å². The van der Waals surface area contributed by atoms with Crippen molar-refractivity contribution < 1.29 is 58.0 Å². The third-order valence-electron chi connectivity index (χ3n) is 12.8. The van der Waals surface area contributed by atoms with E-state index in [2.05, 4.69) is 38.2 Å². The lowest BCUT2D eigenvalue weighted by Crippen LogP contribution is -2.41. The summed E-state index contributed by atoms with van der Waals surface area (Å²) >= 11 is 0. The standard InChI is InChI=1S/C56H107O12P/c1-3-5-7-9-11-13-15-17-19-21-23-25-27-29-31-33-35-37-39-41-43-45-54(60)65-48-51(49-66-69(63,64)67-50-53(59)56(62)52(58)47-57)68-55(61)46-44-42-40-38-36-34-32-30-28-26-24-22-20-18-16-14-12-10-8-6-4-2/h27-30,51-53,56-59,62H,3-26,31-50H2,1-2H3,(H,63,64)/t51-,52-,53-,56+/m1/s1. The number of aliphatic hydroxyl groups is 4. The number of rotatable bonds is 54. The van der Waals surface area contributed by atoms with Crippen molar-refractivity contribution in [1.82, 2.24) is 0 Å². The molecule has 0 aliphatic rings. The van der Waals surface area contributed by atoms with Gasteiger partial charge >= 0.3 is 19.8 Å². The van der Waals surface area contributed by atoms with Gasteiger partial charge in [0.2, 0.25) is 0 Å². The minimum Gasteiger partial charge on any atom is -0.462 e. The molecular weight excluding hydrogens is 896 g/mol. The van der Waals surface area contributed by atoms with Gasteiger partial charge in [0, 0.05) is 12.8 Å². The molecule has 0 aromatic carbocycles. The molecule has 0 aromatic heterocycles. The Balaban J connectivity index is 4.37. The Morgan fingerprint density at radius 3 is 1.12 bits per heavy atom. The van der Waals surface area contributed by atoms with Crippen LogP contribution in [-0.2, 0) is 32.7 Å². The van der Waals surface area contributed by atoms with Crippen molar-refractivity contribution in [2.45, 2.75) is 295 Å². The maximum Gasteiger partial charge on any atom is 0.472 e. The Kier molecular flexibility index (Phi) is 50.1. The first-order chi connectivity index (χ1) is 33.6. The summed E-state index contributed by atoms with van der Waals surface area (Å²) in [6.07, 6.45) is 49.5. The number of aliphatic hydroxyl groups excluding tert-OH is 4. The molecule has 0 radical (unpaired) electrons. The van der Waals surface area contributed by atoms with Gasteiger partial charge in [0.15, 0.2) is 6.10 Å². The molecule has 0 aliphatic carbocycles. The zero-order valence-electron chi connectivity index (χ0n) is 44.3. The SMILES string of the molecule is CCCCCCCCCCCCCC=CCCCCCCCCC(=O)OC[C@H](COP(=O)(O)OC[C@@H](O)[C@@H](O)[C@H](O)CO)OC(=O)CCCCCCCCC=CCCCCCCCCCCCCC. The molecule has 13 heteroatoms. The van der Waals surface area contributed by atoms with Crippen molar-refractivity contribution in [1.29, 1.82) is 0 Å². The second kappa shape index (κ2) is 51.3. The number of carbonyl (C=O) groups excluding carboxylic acids is 2. The van der Waals surface area contributed by atoms with E-state index in [0.29, 0.717) is 12.8 Å². The van der Waals surface area contributed by atoms with Gasteiger partial charge in [-0.15, -0.1) is 0 Å². The molecule has 0 aliphatic heterocycles. The van der Waals surface area contributed by atoms with Crippen molar-refractivity contribution in [3.63, 3.8) is 0 Å². The van der Waals surface area contributed by atoms with Crippen molar-refractivity contribution in [2.75, 3.05) is 26.4 Å². The summed E-state index contributed by atoms with van der Waals surface area (Å²) in [6.45, 7) is 1.79. The molecule has 0 saturated carbocycles. The Morgan fingerprint density at radius 1 is 0.435 bits per heavy atom. The van der Waals surface area contributed by atoms with Crippen LogP contribution in [0, 0.1) is 0 Å². The maximum atomic E-state index is 12.8. The first kappa shape index (κ1) is 67.4. The van der Waals surface area contributed by atoms with E-state index in [4.69, 9.17) is 23.6 Å². The average molecular weight is 1000 g/mol. The highest BCUT2D eigenvalue weighted by atomic mass is 31.2. The van der Waals surface area contributed by atoms with Gasteiger partial charge in [0.1, 0.15) is 24.9 Å². The molecule has 408 valence electrons. The van der Waals surface area contributed by atoms with Crippen LogP contribution in [-0.4, -0.2) is 88.1 Å². The number of hydrogen-bond acceptors (Lipinski definition) is 11. The van der Waals surface area contributed by atoms with Gasteiger partial charge in [-0.3, -0.25) is 18.6 Å². The number of unbranched alkanes of at least 4 members (excludes halogenated alkanes) is 34. The van der Waals surface area contributed by atoms with Gasteiger partial charge in [-0.1, -0.05) is 218 Å². The van der Waals surface area contributed by atoms with E-state index >= 15 is 0 Å². The van der Waals surface area contributed by atoms with Gasteiger partial charge in [-0.05, 0) is 64.2 Å². The van der Waals surface area contributed by atoms with E-state index in [0.717, 1.165) is 77.0 Å². The maximum absolute atomic E-state index is 12.8. The second-order valence-corrected chi connectivity index (χ2v) is 21.0. The zero-order chi connectivity index (χ0) is 50.7. The minimum atomic E-state index is -4.84. The van der Waals surface area contributed by atoms with Crippen LogP contribution in [0.1, 0.15) is 271 Å². The van der Waals surface area contributed by atoms with Crippen LogP contribution in [0.25, 0.3) is 0 Å². The van der Waals surface area contributed by atoms with Crippen molar-refractivity contribution in [3.05, 3.63) is 24.3 Å². The molecule has 0 heterocycles. The molecule has 0 saturated heterocycles. The minimum absolute atomic E-state index is 0.131. The molecule has 5 atom stereocenters. The highest BCUT2D eigenvalue weighted by Gasteiger charge is 2.30. The van der Waals surface area contributed by atoms with Gasteiger partial charge in [0.25, 0.3) is 0 Å². The molecule has 0 fully saturated rings. The topological polar surface area (TPSA) is 189 Å². The Morgan fingerprint density at radius 2 is 0.754 bits per heavy atom. The first-order valence-corrected chi connectivity index (χ1v) is 30.0. The number of phosphoric ester groups is 1. The summed E-state index contributed by atoms with van der Waals surface area (Å²) in [4.78, 5) is 35.6. The first-order valence-electron chi connectivity index (χ1n) is 28.5. The van der Waals surface area contributed by atoms with E-state index in [1.165, 1.54) is 154 Å². The van der Waals surface area contributed by atoms with Gasteiger partial charge in [0.05, 0.1) is 19.8 Å². The number of hydrogen-bond donors (Lipinski definition) is 5. The Bertz CT molecular complexity index is 1230. The fourth-order valence-corrected chi connectivity index (χ4v) is 9.04. The van der Waals surface area contributed by atoms with Crippen LogP contribution in [0.4, 0.5) is 0 Å². The van der Waals surface area contributed by atoms with E-state index in [1.54, 1.807) is 0 Å². The quantitative estimate of drug-likeness (QED) is 0.0168. The summed E-state index contributed by atoms with van der Waals surface area (Å²) < 4.78 is 33.2. The van der Waals surface area contributed by atoms with Crippen LogP contribution in [0.3, 0.4) is 0 Å². The lowest BCUT2D eigenvalue weighted by atomic mass is 10.0. The normalized spacial score (nSPS) is 14.6. The van der Waals surface area contributed by atoms with E-state index in [-0.39, 0.29) is 19.4 Å². The van der Waals surface area contributed by atoms with Gasteiger partial charge in [-0.2, -0.15) is 0 Å². The Hall–Kier alpha value is -1.63. The number of carbonyl (C=O) groups is 2. The molecule has 1 unspecified atom stereocenters. The van der Waals surface area contributed by atoms with Gasteiger partial charge < -0.3 is 34.8 Å². The van der Waals surface area contributed by atoms with Crippen molar-refractivity contribution in [3.8, 4) is 0 Å². The van der Waals surface area contributed by atoms with E-state index < -0.39 is 64.0 Å². The van der Waals surface area contributed by atoms with Crippen molar-refractivity contribution >= 4 is 19.8 Å². The van der Waals surface area contributed by atoms with Crippen molar-refractivity contribution in [2.24, 2.45) is 0 Å². The molecular formula is C56H107O12P. The second-order valence-electron chi connectivity index (χ2n) is 19.6. The highest BCUT2D eigenvalue weighted by molar-refractivity contribution is 7.47. The summed E-state index contributed by atoms with van der Waals surface area (Å²) in [5, 5.41) is 38.2. The fourth-order valence-electron chi connectivity index (χ4n) is 8.27. The lowest BCUT2D eigenvalue weighted by Gasteiger charge is -2.23. The molecule has 69 heavy (non-hydrogen) atoms. The predicted molar refractivity (Wildman–Crippen MR) is 282 cm³/mol. The third kappa shape index (κ3) is 48.4. The molecule has 0 aromatic rings. The molecule has 0 spiro atoms. The van der Waals surface area contributed by atoms with E-state index in [1.807, 2.05) is 0 Å². The summed E-state index contributed by atoms with van der Waals surface area (Å²) in [6, 6.07) is 0. The predicted octanol–water partition coefficient (Wildman–Crippen LogP) is 14.4. The smallest absolute Gasteiger partial charge is 0.462 e. The fraction of sp³-hybridized carbons (Fsp3) is 0.893. The lowest BCUT2D eigenvalue weighted by molar-refractivity contribution is -0.161. The van der Waals surface area contributed by atoms with Crippen LogP contribution < -0.4 is 0 Å². The van der Waals surface area contributed by atoms with E-state index in [9.17, 15) is 34.4 Å². The third-order valence-corrected chi connectivity index (χ3v) is 13.8. The van der Waals surface area contributed by atoms with Crippen LogP contribution in [0.5, 0.6) is 0 Å². The number of phosphoric acid groups is 1. The molecule has 0 bridgehead atoms. The number of ether oxygens (including phenoxy) is 2. The van der Waals surface area contributed by atoms with Crippen LogP contribution >= 0.6 is 7.82 Å². The highest BCUT2D eigenvalue weighted by Crippen LogP contribution is 2.43. The summed E-state index contributed by atoms with van der Waals surface area (Å²) in [5.41, 5.74) is 0. The zero-order valence-corrected chi connectivity index (χ0v) is 45.2. The van der Waals surface area contributed by atoms with Gasteiger partial charge in [-0.25, -0.2) is 4.57 Å². The number of esters is 2.